The molecule has 1 aliphatic rings. The molecular weight excluding hydrogens is 334 g/mol. The Morgan fingerprint density at radius 2 is 2.09 bits per heavy atom. The third-order valence-electron chi connectivity index (χ3n) is 3.03. The topological polar surface area (TPSA) is 38.3 Å². The van der Waals surface area contributed by atoms with Crippen molar-refractivity contribution in [1.82, 2.24) is 5.32 Å². The summed E-state index contributed by atoms with van der Waals surface area (Å²) in [5.74, 6) is 0.626. The normalized spacial score (nSPS) is 16.1. The second-order valence-corrected chi connectivity index (χ2v) is 7.32. The lowest BCUT2D eigenvalue weighted by atomic mass is 10.2. The van der Waals surface area contributed by atoms with Crippen LogP contribution in [0.25, 0.3) is 6.08 Å². The van der Waals surface area contributed by atoms with Crippen LogP contribution in [0.15, 0.2) is 46.7 Å². The van der Waals surface area contributed by atoms with Crippen LogP contribution in [0.2, 0.25) is 0 Å². The first-order chi connectivity index (χ1) is 10.7. The summed E-state index contributed by atoms with van der Waals surface area (Å²) in [6, 6.07) is 11.8. The third-order valence-corrected chi connectivity index (χ3v) is 5.13. The number of carbonyl (C=O) groups excluding carboxylic acids is 1. The fourth-order valence-electron chi connectivity index (χ4n) is 2.01. The molecule has 1 aromatic heterocycles. The second-order valence-electron chi connectivity index (χ2n) is 4.57. The number of thiocarbonyl (C=S) groups is 1. The number of amides is 1. The van der Waals surface area contributed by atoms with E-state index in [2.05, 4.69) is 16.8 Å². The van der Waals surface area contributed by atoms with Crippen molar-refractivity contribution in [3.63, 3.8) is 0 Å². The van der Waals surface area contributed by atoms with E-state index in [-0.39, 0.29) is 5.91 Å². The number of rotatable bonds is 5. The van der Waals surface area contributed by atoms with Crippen LogP contribution in [0.1, 0.15) is 10.4 Å². The van der Waals surface area contributed by atoms with Crippen molar-refractivity contribution < 1.29 is 9.53 Å². The van der Waals surface area contributed by atoms with E-state index in [9.17, 15) is 4.79 Å². The van der Waals surface area contributed by atoms with Gasteiger partial charge in [-0.25, -0.2) is 0 Å². The molecule has 0 unspecified atom stereocenters. The van der Waals surface area contributed by atoms with E-state index in [4.69, 9.17) is 17.0 Å². The number of hydrogen-bond acceptors (Lipinski definition) is 5. The highest BCUT2D eigenvalue weighted by atomic mass is 32.2. The molecule has 112 valence electrons. The van der Waals surface area contributed by atoms with Crippen LogP contribution in [0.3, 0.4) is 0 Å². The maximum absolute atomic E-state index is 11.7. The van der Waals surface area contributed by atoms with Crippen molar-refractivity contribution in [3.05, 3.63) is 57.1 Å². The first-order valence-electron chi connectivity index (χ1n) is 6.71. The van der Waals surface area contributed by atoms with Crippen molar-refractivity contribution >= 4 is 51.6 Å². The van der Waals surface area contributed by atoms with Crippen LogP contribution >= 0.6 is 35.3 Å². The van der Waals surface area contributed by atoms with Gasteiger partial charge in [0.05, 0.1) is 11.5 Å². The van der Waals surface area contributed by atoms with Crippen molar-refractivity contribution in [3.8, 4) is 5.75 Å². The first-order valence-corrected chi connectivity index (χ1v) is 8.82. The Kier molecular flexibility index (Phi) is 4.92. The summed E-state index contributed by atoms with van der Waals surface area (Å²) in [5.41, 5.74) is 0.885. The van der Waals surface area contributed by atoms with Crippen molar-refractivity contribution in [2.24, 2.45) is 0 Å². The van der Waals surface area contributed by atoms with E-state index in [1.165, 1.54) is 16.6 Å². The van der Waals surface area contributed by atoms with E-state index in [0.717, 1.165) is 17.7 Å². The summed E-state index contributed by atoms with van der Waals surface area (Å²) in [6.07, 6.45) is 2.70. The molecule has 2 aromatic rings. The minimum Gasteiger partial charge on any atom is -0.493 e. The van der Waals surface area contributed by atoms with E-state index >= 15 is 0 Å². The molecule has 1 amide bonds. The summed E-state index contributed by atoms with van der Waals surface area (Å²) in [7, 11) is 0. The minimum absolute atomic E-state index is 0.150. The Morgan fingerprint density at radius 1 is 1.23 bits per heavy atom. The summed E-state index contributed by atoms with van der Waals surface area (Å²) in [5, 5.41) is 4.68. The number of benzene rings is 1. The lowest BCUT2D eigenvalue weighted by Crippen LogP contribution is -2.17. The van der Waals surface area contributed by atoms with Gasteiger partial charge < -0.3 is 10.1 Å². The Morgan fingerprint density at radius 3 is 2.82 bits per heavy atom. The highest BCUT2D eigenvalue weighted by molar-refractivity contribution is 8.26. The average Bonchev–Trinajstić information content (AvgIpc) is 3.11. The molecule has 1 fully saturated rings. The molecule has 3 nitrogen and oxygen atoms in total. The zero-order chi connectivity index (χ0) is 15.4. The molecule has 1 aromatic carbocycles. The van der Waals surface area contributed by atoms with Gasteiger partial charge in [0.1, 0.15) is 10.1 Å². The van der Waals surface area contributed by atoms with Gasteiger partial charge in [0.2, 0.25) is 0 Å². The Hall–Kier alpha value is -1.63. The Bertz CT molecular complexity index is 723. The van der Waals surface area contributed by atoms with Gasteiger partial charge in [-0.1, -0.05) is 48.2 Å². The van der Waals surface area contributed by atoms with Crippen LogP contribution in [-0.2, 0) is 11.2 Å². The lowest BCUT2D eigenvalue weighted by Gasteiger charge is -2.08. The number of thiophene rings is 1. The van der Waals surface area contributed by atoms with Crippen molar-refractivity contribution in [1.29, 1.82) is 0 Å². The molecule has 1 saturated heterocycles. The van der Waals surface area contributed by atoms with E-state index < -0.39 is 0 Å². The summed E-state index contributed by atoms with van der Waals surface area (Å²) in [4.78, 5) is 13.6. The molecule has 1 N–H and O–H groups in total. The predicted octanol–water partition coefficient (Wildman–Crippen LogP) is 3.86. The number of ether oxygens (including phenoxy) is 1. The van der Waals surface area contributed by atoms with Gasteiger partial charge in [-0.15, -0.1) is 11.3 Å². The van der Waals surface area contributed by atoms with Crippen LogP contribution in [0.5, 0.6) is 5.75 Å². The van der Waals surface area contributed by atoms with E-state index in [0.29, 0.717) is 15.8 Å². The summed E-state index contributed by atoms with van der Waals surface area (Å²) < 4.78 is 6.36. The summed E-state index contributed by atoms with van der Waals surface area (Å²) >= 11 is 8.00. The molecule has 0 radical (unpaired) electrons. The average molecular weight is 347 g/mol. The molecule has 22 heavy (non-hydrogen) atoms. The number of carbonyl (C=O) groups is 1. The first kappa shape index (κ1) is 15.3. The lowest BCUT2D eigenvalue weighted by molar-refractivity contribution is -0.115. The molecule has 6 heteroatoms. The number of nitrogens with one attached hydrogen (secondary N) is 1. The maximum Gasteiger partial charge on any atom is 0.263 e. The predicted molar refractivity (Wildman–Crippen MR) is 96.3 cm³/mol. The molecule has 2 heterocycles. The molecule has 0 bridgehead atoms. The Labute approximate surface area is 142 Å². The maximum atomic E-state index is 11.7. The SMILES string of the molecule is O=C1NC(=S)SC1=Cc1ccccc1OCCc1cccs1. The van der Waals surface area contributed by atoms with Crippen LogP contribution in [0.4, 0.5) is 0 Å². The van der Waals surface area contributed by atoms with Gasteiger partial charge in [0.25, 0.3) is 5.91 Å². The fourth-order valence-corrected chi connectivity index (χ4v) is 3.74. The number of para-hydroxylation sites is 1. The third kappa shape index (κ3) is 3.76. The van der Waals surface area contributed by atoms with Gasteiger partial charge in [-0.2, -0.15) is 0 Å². The largest absolute Gasteiger partial charge is 0.493 e. The van der Waals surface area contributed by atoms with Gasteiger partial charge in [-0.05, 0) is 23.6 Å². The molecule has 3 rings (SSSR count). The molecule has 0 spiro atoms. The van der Waals surface area contributed by atoms with Crippen LogP contribution < -0.4 is 10.1 Å². The Balaban J connectivity index is 1.71. The van der Waals surface area contributed by atoms with Gasteiger partial charge in [0, 0.05) is 16.9 Å². The molecule has 1 aliphatic heterocycles. The highest BCUT2D eigenvalue weighted by Crippen LogP contribution is 2.29. The van der Waals surface area contributed by atoms with E-state index in [1.807, 2.05) is 36.4 Å². The highest BCUT2D eigenvalue weighted by Gasteiger charge is 2.22. The molecule has 0 atom stereocenters. The van der Waals surface area contributed by atoms with Crippen LogP contribution in [0, 0.1) is 0 Å². The van der Waals surface area contributed by atoms with E-state index in [1.54, 1.807) is 11.3 Å². The molecule has 0 aliphatic carbocycles. The second kappa shape index (κ2) is 7.09. The standard InChI is InChI=1S/C16H13NO2S3/c18-15-14(22-16(20)17-15)10-11-4-1-2-6-13(11)19-8-7-12-5-3-9-21-12/h1-6,9-10H,7-8H2,(H,17,18,20). The van der Waals surface area contributed by atoms with Crippen molar-refractivity contribution in [2.45, 2.75) is 6.42 Å². The van der Waals surface area contributed by atoms with Crippen LogP contribution in [-0.4, -0.2) is 16.8 Å². The van der Waals surface area contributed by atoms with Crippen molar-refractivity contribution in [2.75, 3.05) is 6.61 Å². The zero-order valence-corrected chi connectivity index (χ0v) is 14.0. The van der Waals surface area contributed by atoms with Gasteiger partial charge in [0.15, 0.2) is 0 Å². The minimum atomic E-state index is -0.150. The monoisotopic (exact) mass is 347 g/mol. The van der Waals surface area contributed by atoms with Gasteiger partial charge in [-0.3, -0.25) is 4.79 Å². The molecular formula is C16H13NO2S3. The quantitative estimate of drug-likeness (QED) is 0.658. The number of thioether (sulfide) groups is 1. The molecule has 0 saturated carbocycles. The number of hydrogen-bond donors (Lipinski definition) is 1. The van der Waals surface area contributed by atoms with Gasteiger partial charge >= 0.3 is 0 Å². The summed E-state index contributed by atoms with van der Waals surface area (Å²) in [6.45, 7) is 0.610. The zero-order valence-electron chi connectivity index (χ0n) is 11.6. The fraction of sp³-hybridized carbons (Fsp3) is 0.125. The smallest absolute Gasteiger partial charge is 0.263 e.